The molecule has 1 heterocycles. The number of aliphatic hydroxyl groups excluding tert-OH is 1. The highest BCUT2D eigenvalue weighted by molar-refractivity contribution is 6.05. The van der Waals surface area contributed by atoms with Crippen molar-refractivity contribution in [3.63, 3.8) is 0 Å². The molecule has 2 N–H and O–H groups in total. The summed E-state index contributed by atoms with van der Waals surface area (Å²) in [7, 11) is 0. The molecule has 0 saturated carbocycles. The van der Waals surface area contributed by atoms with Gasteiger partial charge in [-0.25, -0.2) is 4.79 Å². The number of benzene rings is 1. The lowest BCUT2D eigenvalue weighted by atomic mass is 10.1. The molecule has 1 aromatic carbocycles. The molecule has 0 saturated heterocycles. The Morgan fingerprint density at radius 2 is 1.87 bits per heavy atom. The topological polar surface area (TPSA) is 79.5 Å². The number of hydrogen-bond acceptors (Lipinski definition) is 3. The highest BCUT2D eigenvalue weighted by Crippen LogP contribution is 2.13. The highest BCUT2D eigenvalue weighted by atomic mass is 16.4. The van der Waals surface area contributed by atoms with Crippen LogP contribution in [0.2, 0.25) is 0 Å². The highest BCUT2D eigenvalue weighted by Gasteiger charge is 2.06. The summed E-state index contributed by atoms with van der Waals surface area (Å²) in [6.45, 7) is 2.71. The van der Waals surface area contributed by atoms with Crippen molar-refractivity contribution in [2.75, 3.05) is 0 Å². The molecule has 0 aliphatic rings. The van der Waals surface area contributed by atoms with Crippen molar-refractivity contribution in [2.24, 2.45) is 0 Å². The van der Waals surface area contributed by atoms with E-state index in [0.717, 1.165) is 5.69 Å². The summed E-state index contributed by atoms with van der Waals surface area (Å²) in [6, 6.07) is 11.8. The molecule has 2 rings (SSSR count). The predicted octanol–water partition coefficient (Wildman–Crippen LogP) is 2.95. The van der Waals surface area contributed by atoms with Crippen molar-refractivity contribution in [3.8, 4) is 0 Å². The summed E-state index contributed by atoms with van der Waals surface area (Å²) < 4.78 is 1.98. The van der Waals surface area contributed by atoms with Crippen LogP contribution >= 0.6 is 0 Å². The van der Waals surface area contributed by atoms with Crippen LogP contribution in [0.15, 0.2) is 60.5 Å². The molecule has 5 heteroatoms. The fourth-order valence-electron chi connectivity index (χ4n) is 2.11. The van der Waals surface area contributed by atoms with E-state index in [1.807, 2.05) is 54.1 Å². The van der Waals surface area contributed by atoms with Gasteiger partial charge in [0, 0.05) is 24.5 Å². The maximum Gasteiger partial charge on any atom is 0.371 e. The lowest BCUT2D eigenvalue weighted by Gasteiger charge is -2.09. The third kappa shape index (κ3) is 4.44. The number of aliphatic hydroxyl groups is 1. The second-order valence-electron chi connectivity index (χ2n) is 5.06. The Morgan fingerprint density at radius 1 is 1.13 bits per heavy atom. The van der Waals surface area contributed by atoms with E-state index in [4.69, 9.17) is 10.2 Å². The number of aryl methyl sites for hydroxylation is 1. The lowest BCUT2D eigenvalue weighted by molar-refractivity contribution is -0.135. The number of nitrogens with zero attached hydrogens (tertiary/aromatic N) is 1. The molecule has 0 bridgehead atoms. The standard InChI is InChI=1S/C18H17NO4/c1-13-5-2-3-6-14(13)12-19-10-4-7-15(19)8-9-16(20)11-17(21)18(22)23/h2-11,21H,12H2,1H3,(H,22,23)/b9-8+,17-11-. The van der Waals surface area contributed by atoms with Gasteiger partial charge >= 0.3 is 5.97 Å². The Bertz CT molecular complexity index is 784. The Labute approximate surface area is 133 Å². The molecule has 0 fully saturated rings. The number of aliphatic carboxylic acids is 1. The molecule has 118 valence electrons. The van der Waals surface area contributed by atoms with Crippen LogP contribution < -0.4 is 0 Å². The van der Waals surface area contributed by atoms with Crippen LogP contribution in [0.25, 0.3) is 6.08 Å². The van der Waals surface area contributed by atoms with Crippen LogP contribution in [0.5, 0.6) is 0 Å². The Morgan fingerprint density at radius 3 is 2.57 bits per heavy atom. The number of aromatic nitrogens is 1. The maximum atomic E-state index is 11.6. The third-order valence-electron chi connectivity index (χ3n) is 3.38. The molecular formula is C18H17NO4. The van der Waals surface area contributed by atoms with Gasteiger partial charge in [0.25, 0.3) is 0 Å². The van der Waals surface area contributed by atoms with E-state index in [-0.39, 0.29) is 0 Å². The number of hydrogen-bond donors (Lipinski definition) is 2. The largest absolute Gasteiger partial charge is 0.502 e. The third-order valence-corrected chi connectivity index (χ3v) is 3.38. The van der Waals surface area contributed by atoms with Gasteiger partial charge in [-0.15, -0.1) is 0 Å². The smallest absolute Gasteiger partial charge is 0.371 e. The molecule has 0 spiro atoms. The fourth-order valence-corrected chi connectivity index (χ4v) is 2.11. The van der Waals surface area contributed by atoms with Gasteiger partial charge in [-0.3, -0.25) is 4.79 Å². The number of carbonyl (C=O) groups excluding carboxylic acids is 1. The minimum absolute atomic E-state index is 0.589. The SMILES string of the molecule is Cc1ccccc1Cn1cccc1/C=C/C(=O)/C=C(\O)C(=O)O. The first-order valence-electron chi connectivity index (χ1n) is 7.03. The second kappa shape index (κ2) is 7.26. The zero-order valence-corrected chi connectivity index (χ0v) is 12.6. The fraction of sp³-hybridized carbons (Fsp3) is 0.111. The van der Waals surface area contributed by atoms with Gasteiger partial charge in [0.2, 0.25) is 5.76 Å². The number of allylic oxidation sites excluding steroid dienone is 2. The Balaban J connectivity index is 2.14. The summed E-state index contributed by atoms with van der Waals surface area (Å²) in [5.41, 5.74) is 3.17. The number of carbonyl (C=O) groups is 2. The minimum atomic E-state index is -1.53. The molecule has 5 nitrogen and oxygen atoms in total. The number of carboxylic acids is 1. The molecule has 23 heavy (non-hydrogen) atoms. The summed E-state index contributed by atoms with van der Waals surface area (Å²) >= 11 is 0. The van der Waals surface area contributed by atoms with Crippen LogP contribution in [0, 0.1) is 6.92 Å². The summed E-state index contributed by atoms with van der Waals surface area (Å²) in [6.07, 6.45) is 5.39. The van der Waals surface area contributed by atoms with E-state index in [9.17, 15) is 9.59 Å². The van der Waals surface area contributed by atoms with E-state index >= 15 is 0 Å². The molecule has 0 aliphatic heterocycles. The van der Waals surface area contributed by atoms with E-state index < -0.39 is 17.5 Å². The molecule has 0 amide bonds. The quantitative estimate of drug-likeness (QED) is 0.635. The number of carboxylic acid groups (broad SMARTS) is 1. The zero-order chi connectivity index (χ0) is 16.8. The average Bonchev–Trinajstić information content (AvgIpc) is 2.94. The van der Waals surface area contributed by atoms with Gasteiger partial charge in [0.15, 0.2) is 5.78 Å². The van der Waals surface area contributed by atoms with Gasteiger partial charge in [0.1, 0.15) is 0 Å². The van der Waals surface area contributed by atoms with Gasteiger partial charge in [-0.2, -0.15) is 0 Å². The van der Waals surface area contributed by atoms with E-state index in [1.165, 1.54) is 17.2 Å². The van der Waals surface area contributed by atoms with Crippen LogP contribution in [-0.2, 0) is 16.1 Å². The predicted molar refractivity (Wildman–Crippen MR) is 87.1 cm³/mol. The van der Waals surface area contributed by atoms with Crippen molar-refractivity contribution in [1.29, 1.82) is 0 Å². The minimum Gasteiger partial charge on any atom is -0.502 e. The van der Waals surface area contributed by atoms with Crippen LogP contribution in [-0.4, -0.2) is 26.5 Å². The van der Waals surface area contributed by atoms with Crippen molar-refractivity contribution in [1.82, 2.24) is 4.57 Å². The van der Waals surface area contributed by atoms with Crippen LogP contribution in [0.4, 0.5) is 0 Å². The normalized spacial score (nSPS) is 11.8. The lowest BCUT2D eigenvalue weighted by Crippen LogP contribution is -2.03. The Hall–Kier alpha value is -3.08. The maximum absolute atomic E-state index is 11.6. The number of ketones is 1. The van der Waals surface area contributed by atoms with Gasteiger partial charge in [-0.05, 0) is 42.3 Å². The first-order valence-corrected chi connectivity index (χ1v) is 7.03. The molecular weight excluding hydrogens is 294 g/mol. The van der Waals surface area contributed by atoms with Crippen molar-refractivity contribution in [3.05, 3.63) is 77.3 Å². The molecule has 0 radical (unpaired) electrons. The zero-order valence-electron chi connectivity index (χ0n) is 12.6. The van der Waals surface area contributed by atoms with E-state index in [1.54, 1.807) is 6.08 Å². The second-order valence-corrected chi connectivity index (χ2v) is 5.06. The average molecular weight is 311 g/mol. The van der Waals surface area contributed by atoms with Crippen molar-refractivity contribution < 1.29 is 19.8 Å². The van der Waals surface area contributed by atoms with Crippen LogP contribution in [0.3, 0.4) is 0 Å². The van der Waals surface area contributed by atoms with Crippen molar-refractivity contribution in [2.45, 2.75) is 13.5 Å². The summed E-state index contributed by atoms with van der Waals surface area (Å²) in [5, 5.41) is 17.6. The molecule has 2 aromatic rings. The first-order chi connectivity index (χ1) is 11.0. The van der Waals surface area contributed by atoms with E-state index in [2.05, 4.69) is 0 Å². The van der Waals surface area contributed by atoms with Gasteiger partial charge < -0.3 is 14.8 Å². The van der Waals surface area contributed by atoms with Gasteiger partial charge in [0.05, 0.1) is 0 Å². The molecule has 0 aliphatic carbocycles. The summed E-state index contributed by atoms with van der Waals surface area (Å²) in [4.78, 5) is 22.0. The van der Waals surface area contributed by atoms with Gasteiger partial charge in [-0.1, -0.05) is 24.3 Å². The molecule has 1 aromatic heterocycles. The number of rotatable bonds is 6. The molecule has 0 atom stereocenters. The van der Waals surface area contributed by atoms with E-state index in [0.29, 0.717) is 12.6 Å². The summed E-state index contributed by atoms with van der Waals surface area (Å²) in [5.74, 6) is -3.10. The Kier molecular flexibility index (Phi) is 5.15. The van der Waals surface area contributed by atoms with Crippen molar-refractivity contribution >= 4 is 17.8 Å². The monoisotopic (exact) mass is 311 g/mol. The van der Waals surface area contributed by atoms with Crippen LogP contribution in [0.1, 0.15) is 16.8 Å². The molecule has 0 unspecified atom stereocenters. The first kappa shape index (κ1) is 16.3.